The van der Waals surface area contributed by atoms with Gasteiger partial charge in [-0.2, -0.15) is 4.98 Å². The normalized spacial score (nSPS) is 16.1. The van der Waals surface area contributed by atoms with E-state index >= 15 is 0 Å². The second-order valence-electron chi connectivity index (χ2n) is 5.16. The SMILES string of the molecule is Nc1nc(Br)cc(N2CCN(Cc3ccccc3)CC2)n1. The average Bonchev–Trinajstić information content (AvgIpc) is 2.48. The zero-order valence-corrected chi connectivity index (χ0v) is 13.3. The first-order valence-corrected chi connectivity index (χ1v) is 7.81. The third kappa shape index (κ3) is 3.71. The van der Waals surface area contributed by atoms with E-state index in [1.165, 1.54) is 5.56 Å². The van der Waals surface area contributed by atoms with Crippen LogP contribution in [0.2, 0.25) is 0 Å². The van der Waals surface area contributed by atoms with E-state index in [9.17, 15) is 0 Å². The quantitative estimate of drug-likeness (QED) is 0.862. The van der Waals surface area contributed by atoms with Gasteiger partial charge in [-0.05, 0) is 21.5 Å². The predicted octanol–water partition coefficient (Wildman–Crippen LogP) is 2.14. The van der Waals surface area contributed by atoms with E-state index in [1.807, 2.05) is 6.07 Å². The molecule has 0 radical (unpaired) electrons. The maximum absolute atomic E-state index is 5.71. The van der Waals surface area contributed by atoms with Crippen molar-refractivity contribution in [2.45, 2.75) is 6.54 Å². The topological polar surface area (TPSA) is 58.3 Å². The van der Waals surface area contributed by atoms with E-state index < -0.39 is 0 Å². The van der Waals surface area contributed by atoms with Crippen LogP contribution >= 0.6 is 15.9 Å². The van der Waals surface area contributed by atoms with Gasteiger partial charge < -0.3 is 10.6 Å². The summed E-state index contributed by atoms with van der Waals surface area (Å²) in [7, 11) is 0. The Labute approximate surface area is 132 Å². The highest BCUT2D eigenvalue weighted by Gasteiger charge is 2.18. The molecule has 0 amide bonds. The molecule has 110 valence electrons. The van der Waals surface area contributed by atoms with Gasteiger partial charge in [0.1, 0.15) is 10.4 Å². The van der Waals surface area contributed by atoms with Crippen molar-refractivity contribution < 1.29 is 0 Å². The van der Waals surface area contributed by atoms with E-state index in [2.05, 4.69) is 66.0 Å². The van der Waals surface area contributed by atoms with Crippen LogP contribution in [-0.2, 0) is 6.54 Å². The molecule has 5 nitrogen and oxygen atoms in total. The molecule has 6 heteroatoms. The second-order valence-corrected chi connectivity index (χ2v) is 5.97. The van der Waals surface area contributed by atoms with Gasteiger partial charge in [0.15, 0.2) is 0 Å². The van der Waals surface area contributed by atoms with E-state index in [1.54, 1.807) is 0 Å². The van der Waals surface area contributed by atoms with Crippen LogP contribution in [0, 0.1) is 0 Å². The van der Waals surface area contributed by atoms with Crippen LogP contribution in [0.25, 0.3) is 0 Å². The lowest BCUT2D eigenvalue weighted by molar-refractivity contribution is 0.249. The molecule has 0 bridgehead atoms. The number of anilines is 2. The maximum Gasteiger partial charge on any atom is 0.223 e. The van der Waals surface area contributed by atoms with Crippen molar-refractivity contribution in [3.63, 3.8) is 0 Å². The lowest BCUT2D eigenvalue weighted by Crippen LogP contribution is -2.46. The number of piperazine rings is 1. The van der Waals surface area contributed by atoms with Crippen molar-refractivity contribution in [1.82, 2.24) is 14.9 Å². The molecule has 0 atom stereocenters. The fourth-order valence-electron chi connectivity index (χ4n) is 2.56. The minimum atomic E-state index is 0.311. The molecule has 1 aliphatic rings. The van der Waals surface area contributed by atoms with Crippen LogP contribution in [0.5, 0.6) is 0 Å². The summed E-state index contributed by atoms with van der Waals surface area (Å²) in [6.07, 6.45) is 0. The van der Waals surface area contributed by atoms with Crippen LogP contribution < -0.4 is 10.6 Å². The summed E-state index contributed by atoms with van der Waals surface area (Å²) < 4.78 is 0.733. The van der Waals surface area contributed by atoms with Crippen molar-refractivity contribution in [3.05, 3.63) is 46.6 Å². The Morgan fingerprint density at radius 3 is 2.43 bits per heavy atom. The molecule has 1 aromatic heterocycles. The summed E-state index contributed by atoms with van der Waals surface area (Å²) in [5.41, 5.74) is 7.07. The van der Waals surface area contributed by atoms with Crippen LogP contribution in [0.3, 0.4) is 0 Å². The second kappa shape index (κ2) is 6.41. The van der Waals surface area contributed by atoms with Gasteiger partial charge >= 0.3 is 0 Å². The minimum absolute atomic E-state index is 0.311. The molecule has 2 aromatic rings. The van der Waals surface area contributed by atoms with Gasteiger partial charge in [-0.1, -0.05) is 30.3 Å². The molecule has 0 unspecified atom stereocenters. The Hall–Kier alpha value is -1.66. The molecule has 3 rings (SSSR count). The van der Waals surface area contributed by atoms with E-state index in [0.29, 0.717) is 5.95 Å². The van der Waals surface area contributed by atoms with E-state index in [0.717, 1.165) is 43.1 Å². The first-order valence-electron chi connectivity index (χ1n) is 7.02. The van der Waals surface area contributed by atoms with Crippen LogP contribution in [0.4, 0.5) is 11.8 Å². The number of rotatable bonds is 3. The summed E-state index contributed by atoms with van der Waals surface area (Å²) in [6.45, 7) is 4.96. The minimum Gasteiger partial charge on any atom is -0.368 e. The molecule has 1 aliphatic heterocycles. The first-order chi connectivity index (χ1) is 10.2. The molecule has 2 N–H and O–H groups in total. The van der Waals surface area contributed by atoms with Crippen molar-refractivity contribution >= 4 is 27.7 Å². The number of nitrogen functional groups attached to an aromatic ring is 1. The van der Waals surface area contributed by atoms with Crippen LogP contribution in [-0.4, -0.2) is 41.0 Å². The number of nitrogens with two attached hydrogens (primary N) is 1. The molecule has 1 aromatic carbocycles. The summed E-state index contributed by atoms with van der Waals surface area (Å²) >= 11 is 3.37. The Kier molecular flexibility index (Phi) is 4.36. The molecule has 2 heterocycles. The van der Waals surface area contributed by atoms with Crippen molar-refractivity contribution in [2.24, 2.45) is 0 Å². The highest BCUT2D eigenvalue weighted by Crippen LogP contribution is 2.19. The van der Waals surface area contributed by atoms with E-state index in [-0.39, 0.29) is 0 Å². The number of halogens is 1. The highest BCUT2D eigenvalue weighted by atomic mass is 79.9. The van der Waals surface area contributed by atoms with Crippen LogP contribution in [0.1, 0.15) is 5.56 Å². The summed E-state index contributed by atoms with van der Waals surface area (Å²) in [5, 5.41) is 0. The van der Waals surface area contributed by atoms with Gasteiger partial charge in [0.25, 0.3) is 0 Å². The third-order valence-electron chi connectivity index (χ3n) is 3.64. The number of hydrogen-bond donors (Lipinski definition) is 1. The lowest BCUT2D eigenvalue weighted by Gasteiger charge is -2.35. The molecule has 1 fully saturated rings. The largest absolute Gasteiger partial charge is 0.368 e. The molecular weight excluding hydrogens is 330 g/mol. The Morgan fingerprint density at radius 1 is 1.05 bits per heavy atom. The summed E-state index contributed by atoms with van der Waals surface area (Å²) in [6, 6.07) is 12.5. The monoisotopic (exact) mass is 347 g/mol. The fraction of sp³-hybridized carbons (Fsp3) is 0.333. The average molecular weight is 348 g/mol. The highest BCUT2D eigenvalue weighted by molar-refractivity contribution is 9.10. The zero-order chi connectivity index (χ0) is 14.7. The van der Waals surface area contributed by atoms with Crippen molar-refractivity contribution in [2.75, 3.05) is 36.8 Å². The van der Waals surface area contributed by atoms with Crippen LogP contribution in [0.15, 0.2) is 41.0 Å². The number of benzene rings is 1. The molecule has 21 heavy (non-hydrogen) atoms. The molecule has 0 saturated carbocycles. The first kappa shape index (κ1) is 14.3. The smallest absolute Gasteiger partial charge is 0.223 e. The standard InChI is InChI=1S/C15H18BrN5/c16-13-10-14(19-15(17)18-13)21-8-6-20(7-9-21)11-12-4-2-1-3-5-12/h1-5,10H,6-9,11H2,(H2,17,18,19). The maximum atomic E-state index is 5.71. The van der Waals surface area contributed by atoms with Gasteiger partial charge in [-0.3, -0.25) is 4.90 Å². The Bertz CT molecular complexity index is 576. The van der Waals surface area contributed by atoms with Gasteiger partial charge in [-0.15, -0.1) is 0 Å². The van der Waals surface area contributed by atoms with Gasteiger partial charge in [0.05, 0.1) is 0 Å². The summed E-state index contributed by atoms with van der Waals surface area (Å²) in [5.74, 6) is 1.21. The predicted molar refractivity (Wildman–Crippen MR) is 88.1 cm³/mol. The number of aromatic nitrogens is 2. The van der Waals surface area contributed by atoms with Gasteiger partial charge in [0.2, 0.25) is 5.95 Å². The van der Waals surface area contributed by atoms with Gasteiger partial charge in [-0.25, -0.2) is 4.98 Å². The van der Waals surface area contributed by atoms with E-state index in [4.69, 9.17) is 5.73 Å². The molecule has 0 aliphatic carbocycles. The lowest BCUT2D eigenvalue weighted by atomic mass is 10.2. The molecule has 1 saturated heterocycles. The Morgan fingerprint density at radius 2 is 1.76 bits per heavy atom. The Balaban J connectivity index is 1.60. The molecule has 0 spiro atoms. The molecular formula is C15H18BrN5. The van der Waals surface area contributed by atoms with Gasteiger partial charge in [0, 0.05) is 38.8 Å². The zero-order valence-electron chi connectivity index (χ0n) is 11.7. The van der Waals surface area contributed by atoms with Crippen molar-refractivity contribution in [1.29, 1.82) is 0 Å². The number of nitrogens with zero attached hydrogens (tertiary/aromatic N) is 4. The van der Waals surface area contributed by atoms with Crippen molar-refractivity contribution in [3.8, 4) is 0 Å². The fourth-order valence-corrected chi connectivity index (χ4v) is 2.95. The number of hydrogen-bond acceptors (Lipinski definition) is 5. The third-order valence-corrected chi connectivity index (χ3v) is 4.05. The summed E-state index contributed by atoms with van der Waals surface area (Å²) in [4.78, 5) is 13.1.